The fraction of sp³-hybridized carbons (Fsp3) is 0.357. The van der Waals surface area contributed by atoms with E-state index < -0.39 is 17.8 Å². The first kappa shape index (κ1) is 25.2. The van der Waals surface area contributed by atoms with Gasteiger partial charge in [0.05, 0.1) is 5.56 Å². The molecule has 1 fully saturated rings. The highest BCUT2D eigenvalue weighted by Crippen LogP contribution is 2.42. The second-order valence-corrected chi connectivity index (χ2v) is 9.51. The van der Waals surface area contributed by atoms with Crippen molar-refractivity contribution in [3.05, 3.63) is 77.5 Å². The summed E-state index contributed by atoms with van der Waals surface area (Å²) in [6, 6.07) is 14.9. The number of hydrogen-bond donors (Lipinski definition) is 2. The lowest BCUT2D eigenvalue weighted by atomic mass is 9.96. The summed E-state index contributed by atoms with van der Waals surface area (Å²) >= 11 is 0. The normalized spacial score (nSPS) is 16.4. The van der Waals surface area contributed by atoms with E-state index >= 15 is 0 Å². The lowest BCUT2D eigenvalue weighted by Gasteiger charge is -2.33. The van der Waals surface area contributed by atoms with E-state index in [-0.39, 0.29) is 12.4 Å². The van der Waals surface area contributed by atoms with Gasteiger partial charge in [-0.05, 0) is 49.1 Å². The number of alkyl halides is 3. The highest BCUT2D eigenvalue weighted by Gasteiger charge is 2.32. The Labute approximate surface area is 213 Å². The highest BCUT2D eigenvalue weighted by molar-refractivity contribution is 6.22. The van der Waals surface area contributed by atoms with Crippen molar-refractivity contribution in [1.82, 2.24) is 10.3 Å². The first-order valence-electron chi connectivity index (χ1n) is 12.4. The predicted octanol–water partition coefficient (Wildman–Crippen LogP) is 4.56. The van der Waals surface area contributed by atoms with Crippen LogP contribution in [-0.4, -0.2) is 54.8 Å². The van der Waals surface area contributed by atoms with E-state index in [1.165, 1.54) is 6.20 Å². The Morgan fingerprint density at radius 1 is 1.05 bits per heavy atom. The summed E-state index contributed by atoms with van der Waals surface area (Å²) in [5.41, 5.74) is 2.19. The van der Waals surface area contributed by atoms with Gasteiger partial charge in [-0.3, -0.25) is 4.79 Å². The fourth-order valence-electron chi connectivity index (χ4n) is 5.00. The molecule has 3 aromatic rings. The number of benzene rings is 2. The number of ether oxygens (including phenoxy) is 1. The van der Waals surface area contributed by atoms with E-state index in [0.717, 1.165) is 36.1 Å². The number of aliphatic hydroxyl groups is 1. The van der Waals surface area contributed by atoms with E-state index in [9.17, 15) is 23.1 Å². The number of piperidine rings is 1. The molecule has 2 aliphatic rings. The van der Waals surface area contributed by atoms with Gasteiger partial charge < -0.3 is 20.1 Å². The van der Waals surface area contributed by atoms with E-state index in [0.29, 0.717) is 54.8 Å². The van der Waals surface area contributed by atoms with E-state index in [1.54, 1.807) is 24.3 Å². The van der Waals surface area contributed by atoms with Gasteiger partial charge in [0.1, 0.15) is 24.3 Å². The summed E-state index contributed by atoms with van der Waals surface area (Å²) in [5.74, 6) is 1.26. The van der Waals surface area contributed by atoms with E-state index in [2.05, 4.69) is 10.3 Å². The van der Waals surface area contributed by atoms with Crippen LogP contribution in [0.5, 0.6) is 5.75 Å². The molecule has 2 heterocycles. The first-order valence-corrected chi connectivity index (χ1v) is 12.4. The largest absolute Gasteiger partial charge is 0.490 e. The monoisotopic (exact) mass is 511 g/mol. The van der Waals surface area contributed by atoms with Crippen molar-refractivity contribution in [3.63, 3.8) is 0 Å². The molecule has 0 saturated carbocycles. The molecule has 37 heavy (non-hydrogen) atoms. The molecule has 194 valence electrons. The summed E-state index contributed by atoms with van der Waals surface area (Å²) in [5, 5.41) is 13.7. The third-order valence-corrected chi connectivity index (χ3v) is 6.97. The van der Waals surface area contributed by atoms with Crippen molar-refractivity contribution in [2.75, 3.05) is 37.7 Å². The zero-order chi connectivity index (χ0) is 26.0. The number of halogens is 3. The number of nitrogens with one attached hydrogen (secondary N) is 1. The van der Waals surface area contributed by atoms with Gasteiger partial charge in [-0.2, -0.15) is 13.2 Å². The summed E-state index contributed by atoms with van der Waals surface area (Å²) in [6.07, 6.45) is -2.28. The zero-order valence-electron chi connectivity index (χ0n) is 20.2. The molecule has 1 aliphatic heterocycles. The number of pyridine rings is 1. The van der Waals surface area contributed by atoms with Gasteiger partial charge in [-0.15, -0.1) is 0 Å². The van der Waals surface area contributed by atoms with Crippen LogP contribution in [0.2, 0.25) is 0 Å². The predicted molar refractivity (Wildman–Crippen MR) is 134 cm³/mol. The quantitative estimate of drug-likeness (QED) is 0.361. The van der Waals surface area contributed by atoms with Gasteiger partial charge in [0.25, 0.3) is 0 Å². The van der Waals surface area contributed by atoms with Gasteiger partial charge in [0, 0.05) is 42.5 Å². The topological polar surface area (TPSA) is 74.7 Å². The maximum absolute atomic E-state index is 13.0. The van der Waals surface area contributed by atoms with Crippen molar-refractivity contribution < 1.29 is 27.8 Å². The molecule has 1 saturated heterocycles. The summed E-state index contributed by atoms with van der Waals surface area (Å²) < 4.78 is 44.9. The lowest BCUT2D eigenvalue weighted by molar-refractivity contribution is -0.137. The number of ketones is 1. The van der Waals surface area contributed by atoms with Crippen LogP contribution in [0, 0.1) is 5.92 Å². The smallest absolute Gasteiger partial charge is 0.416 e. The minimum Gasteiger partial charge on any atom is -0.490 e. The Morgan fingerprint density at radius 3 is 2.54 bits per heavy atom. The van der Waals surface area contributed by atoms with Crippen molar-refractivity contribution >= 4 is 11.6 Å². The van der Waals surface area contributed by atoms with E-state index in [4.69, 9.17) is 4.74 Å². The Bertz CT molecular complexity index is 1270. The van der Waals surface area contributed by atoms with Gasteiger partial charge in [-0.25, -0.2) is 4.98 Å². The summed E-state index contributed by atoms with van der Waals surface area (Å²) in [6.45, 7) is 2.39. The standard InChI is InChI=1S/C28H28F3N3O3/c29-28(30,31)19-8-11-33-25(14-19)34-12-9-18(10-13-34)15-32-16-20(35)17-37-24-7-3-6-23-26(24)21-4-1-2-5-22(21)27(23)36/h1-8,11,14,18,20,32,35H,9-10,12-13,15-17H2/t20-/m0/s1. The molecule has 5 rings (SSSR count). The SMILES string of the molecule is O=C1c2ccccc2-c2c(OC[C@@H](O)CNCC3CCN(c4cc(C(F)(F)F)ccn4)CC3)cccc21. The average Bonchev–Trinajstić information content (AvgIpc) is 3.20. The van der Waals surface area contributed by atoms with Crippen molar-refractivity contribution in [3.8, 4) is 16.9 Å². The second kappa shape index (κ2) is 10.5. The molecular formula is C28H28F3N3O3. The number of rotatable bonds is 8. The number of hydrogen-bond acceptors (Lipinski definition) is 6. The van der Waals surface area contributed by atoms with Gasteiger partial charge in [0.2, 0.25) is 0 Å². The van der Waals surface area contributed by atoms with Crippen molar-refractivity contribution in [2.45, 2.75) is 25.1 Å². The van der Waals surface area contributed by atoms with Crippen molar-refractivity contribution in [1.29, 1.82) is 0 Å². The van der Waals surface area contributed by atoms with Crippen LogP contribution in [-0.2, 0) is 6.18 Å². The highest BCUT2D eigenvalue weighted by atomic mass is 19.4. The Balaban J connectivity index is 1.08. The molecule has 6 nitrogen and oxygen atoms in total. The molecule has 9 heteroatoms. The molecule has 0 unspecified atom stereocenters. The van der Waals surface area contributed by atoms with Crippen LogP contribution < -0.4 is 15.0 Å². The summed E-state index contributed by atoms with van der Waals surface area (Å²) in [4.78, 5) is 18.7. The minimum absolute atomic E-state index is 0.0202. The van der Waals surface area contributed by atoms with Gasteiger partial charge >= 0.3 is 6.18 Å². The molecule has 1 aliphatic carbocycles. The van der Waals surface area contributed by atoms with Crippen LogP contribution in [0.15, 0.2) is 60.8 Å². The number of anilines is 1. The average molecular weight is 512 g/mol. The molecular weight excluding hydrogens is 483 g/mol. The summed E-state index contributed by atoms with van der Waals surface area (Å²) in [7, 11) is 0. The Hall–Kier alpha value is -3.43. The third kappa shape index (κ3) is 5.47. The zero-order valence-corrected chi connectivity index (χ0v) is 20.2. The fourth-order valence-corrected chi connectivity index (χ4v) is 5.00. The van der Waals surface area contributed by atoms with Crippen LogP contribution in [0.4, 0.5) is 19.0 Å². The molecule has 0 spiro atoms. The number of nitrogens with zero attached hydrogens (tertiary/aromatic N) is 2. The number of fused-ring (bicyclic) bond motifs is 3. The van der Waals surface area contributed by atoms with Crippen LogP contribution in [0.1, 0.15) is 34.3 Å². The molecule has 2 N–H and O–H groups in total. The van der Waals surface area contributed by atoms with Crippen LogP contribution >= 0.6 is 0 Å². The van der Waals surface area contributed by atoms with Crippen LogP contribution in [0.25, 0.3) is 11.1 Å². The maximum Gasteiger partial charge on any atom is 0.416 e. The molecule has 0 radical (unpaired) electrons. The first-order chi connectivity index (χ1) is 17.8. The molecule has 0 amide bonds. The number of carbonyl (C=O) groups is 1. The Kier molecular flexibility index (Phi) is 7.17. The second-order valence-electron chi connectivity index (χ2n) is 9.51. The van der Waals surface area contributed by atoms with Crippen LogP contribution in [0.3, 0.4) is 0 Å². The Morgan fingerprint density at radius 2 is 1.78 bits per heavy atom. The van der Waals surface area contributed by atoms with Gasteiger partial charge in [-0.1, -0.05) is 36.4 Å². The van der Waals surface area contributed by atoms with E-state index in [1.807, 2.05) is 23.1 Å². The molecule has 2 aromatic carbocycles. The number of aliphatic hydroxyl groups excluding tert-OH is 1. The number of aromatic nitrogens is 1. The van der Waals surface area contributed by atoms with Crippen molar-refractivity contribution in [2.24, 2.45) is 5.92 Å². The lowest BCUT2D eigenvalue weighted by Crippen LogP contribution is -2.40. The molecule has 0 bridgehead atoms. The molecule has 1 atom stereocenters. The third-order valence-electron chi connectivity index (χ3n) is 6.97. The minimum atomic E-state index is -4.38. The molecule has 1 aromatic heterocycles. The number of carbonyl (C=O) groups excluding carboxylic acids is 1. The van der Waals surface area contributed by atoms with Gasteiger partial charge in [0.15, 0.2) is 5.78 Å². The maximum atomic E-state index is 13.0.